The molecule has 0 unspecified atom stereocenters. The van der Waals surface area contributed by atoms with E-state index in [2.05, 4.69) is 15.9 Å². The number of rotatable bonds is 5. The van der Waals surface area contributed by atoms with E-state index in [1.54, 1.807) is 0 Å². The van der Waals surface area contributed by atoms with Crippen molar-refractivity contribution in [3.8, 4) is 5.75 Å². The van der Waals surface area contributed by atoms with Crippen molar-refractivity contribution >= 4 is 21.7 Å². The molecule has 0 amide bonds. The zero-order valence-corrected chi connectivity index (χ0v) is 15.8. The Labute approximate surface area is 156 Å². The maximum Gasteiger partial charge on any atom is 0.207 e. The minimum atomic E-state index is -0.676. The second-order valence-electron chi connectivity index (χ2n) is 6.09. The van der Waals surface area contributed by atoms with Crippen LogP contribution >= 0.6 is 15.9 Å². The monoisotopic (exact) mass is 394 g/mol. The molecule has 0 saturated carbocycles. The average molecular weight is 395 g/mol. The fourth-order valence-electron chi connectivity index (χ4n) is 2.53. The number of hydrogen-bond donors (Lipinski definition) is 0. The van der Waals surface area contributed by atoms with Crippen molar-refractivity contribution in [3.63, 3.8) is 0 Å². The first-order valence-corrected chi connectivity index (χ1v) is 8.92. The predicted molar refractivity (Wildman–Crippen MR) is 104 cm³/mol. The molecule has 126 valence electrons. The second-order valence-corrected chi connectivity index (χ2v) is 7.01. The van der Waals surface area contributed by atoms with Crippen molar-refractivity contribution in [1.82, 2.24) is 0 Å². The first-order chi connectivity index (χ1) is 12.0. The van der Waals surface area contributed by atoms with Crippen LogP contribution in [0.5, 0.6) is 5.75 Å². The highest BCUT2D eigenvalue weighted by Crippen LogP contribution is 2.27. The van der Waals surface area contributed by atoms with Gasteiger partial charge in [-0.3, -0.25) is 4.79 Å². The van der Waals surface area contributed by atoms with Gasteiger partial charge in [-0.25, -0.2) is 0 Å². The smallest absolute Gasteiger partial charge is 0.207 e. The summed E-state index contributed by atoms with van der Waals surface area (Å²) in [6.45, 7) is 4.03. The van der Waals surface area contributed by atoms with Gasteiger partial charge in [0.25, 0.3) is 0 Å². The largest absolute Gasteiger partial charge is 0.478 e. The minimum absolute atomic E-state index is 0.0493. The second kappa shape index (κ2) is 7.66. The molecule has 0 heterocycles. The molecule has 3 rings (SSSR count). The molecule has 2 nitrogen and oxygen atoms in total. The predicted octanol–water partition coefficient (Wildman–Crippen LogP) is 6.07. The number of benzene rings is 3. The Bertz CT molecular complexity index is 850. The quantitative estimate of drug-likeness (QED) is 0.490. The van der Waals surface area contributed by atoms with Crippen LogP contribution in [0.4, 0.5) is 0 Å². The molecule has 0 spiro atoms. The van der Waals surface area contributed by atoms with Crippen molar-refractivity contribution in [2.45, 2.75) is 20.0 Å². The molecule has 0 aliphatic rings. The summed E-state index contributed by atoms with van der Waals surface area (Å²) in [5, 5.41) is 0. The lowest BCUT2D eigenvalue weighted by molar-refractivity contribution is 0.0792. The molecule has 3 aromatic rings. The first-order valence-electron chi connectivity index (χ1n) is 8.12. The summed E-state index contributed by atoms with van der Waals surface area (Å²) in [6, 6.07) is 23.0. The van der Waals surface area contributed by atoms with E-state index in [1.165, 1.54) is 0 Å². The van der Waals surface area contributed by atoms with E-state index in [1.807, 2.05) is 86.6 Å². The van der Waals surface area contributed by atoms with Gasteiger partial charge in [0.2, 0.25) is 5.78 Å². The highest BCUT2D eigenvalue weighted by molar-refractivity contribution is 9.10. The third-order valence-corrected chi connectivity index (χ3v) is 4.55. The van der Waals surface area contributed by atoms with Gasteiger partial charge in [-0.1, -0.05) is 75.6 Å². The summed E-state index contributed by atoms with van der Waals surface area (Å²) in [5.74, 6) is 0.612. The summed E-state index contributed by atoms with van der Waals surface area (Å²) in [5.41, 5.74) is 3.76. The topological polar surface area (TPSA) is 26.3 Å². The van der Waals surface area contributed by atoms with Gasteiger partial charge in [0, 0.05) is 15.6 Å². The molecule has 3 heteroatoms. The zero-order chi connectivity index (χ0) is 17.8. The van der Waals surface area contributed by atoms with E-state index >= 15 is 0 Å². The third-order valence-electron chi connectivity index (χ3n) is 4.02. The number of halogens is 1. The van der Waals surface area contributed by atoms with Crippen LogP contribution in [0.3, 0.4) is 0 Å². The molecule has 0 saturated heterocycles. The summed E-state index contributed by atoms with van der Waals surface area (Å²) < 4.78 is 7.04. The normalized spacial score (nSPS) is 11.8. The van der Waals surface area contributed by atoms with Gasteiger partial charge in [0.1, 0.15) is 5.75 Å². The van der Waals surface area contributed by atoms with Crippen LogP contribution in [-0.4, -0.2) is 5.78 Å². The zero-order valence-electron chi connectivity index (χ0n) is 14.2. The third kappa shape index (κ3) is 4.37. The van der Waals surface area contributed by atoms with Gasteiger partial charge < -0.3 is 4.74 Å². The van der Waals surface area contributed by atoms with Gasteiger partial charge in [-0.15, -0.1) is 0 Å². The fourth-order valence-corrected chi connectivity index (χ4v) is 2.80. The summed E-state index contributed by atoms with van der Waals surface area (Å²) >= 11 is 3.41. The Balaban J connectivity index is 1.95. The molecule has 0 radical (unpaired) electrons. The SMILES string of the molecule is Cc1ccc(C(=O)[C@H](Oc2ccc(Br)cc2)c2ccc(C)cc2)cc1. The van der Waals surface area contributed by atoms with Crippen LogP contribution in [-0.2, 0) is 0 Å². The van der Waals surface area contributed by atoms with E-state index < -0.39 is 6.10 Å². The van der Waals surface area contributed by atoms with Crippen LogP contribution in [0.2, 0.25) is 0 Å². The van der Waals surface area contributed by atoms with E-state index in [-0.39, 0.29) is 5.78 Å². The van der Waals surface area contributed by atoms with E-state index in [0.717, 1.165) is 21.2 Å². The Hall–Kier alpha value is -2.39. The van der Waals surface area contributed by atoms with Gasteiger partial charge in [0.05, 0.1) is 0 Å². The fraction of sp³-hybridized carbons (Fsp3) is 0.136. The van der Waals surface area contributed by atoms with Crippen molar-refractivity contribution in [1.29, 1.82) is 0 Å². The highest BCUT2D eigenvalue weighted by atomic mass is 79.9. The molecule has 25 heavy (non-hydrogen) atoms. The summed E-state index contributed by atoms with van der Waals surface area (Å²) in [4.78, 5) is 13.1. The lowest BCUT2D eigenvalue weighted by Gasteiger charge is -2.19. The molecule has 0 bridgehead atoms. The average Bonchev–Trinajstić information content (AvgIpc) is 2.62. The van der Waals surface area contributed by atoms with Gasteiger partial charge in [-0.2, -0.15) is 0 Å². The first kappa shape index (κ1) is 17.4. The van der Waals surface area contributed by atoms with Crippen LogP contribution in [0.15, 0.2) is 77.3 Å². The van der Waals surface area contributed by atoms with Crippen molar-refractivity contribution in [2.24, 2.45) is 0 Å². The van der Waals surface area contributed by atoms with Crippen molar-refractivity contribution < 1.29 is 9.53 Å². The lowest BCUT2D eigenvalue weighted by Crippen LogP contribution is -2.19. The number of Topliss-reactive ketones (excluding diaryl/α,β-unsaturated/α-hetero) is 1. The molecule has 1 atom stereocenters. The Morgan fingerprint density at radius 3 is 1.88 bits per heavy atom. The molecular weight excluding hydrogens is 376 g/mol. The number of hydrogen-bond acceptors (Lipinski definition) is 2. The van der Waals surface area contributed by atoms with Crippen molar-refractivity contribution in [2.75, 3.05) is 0 Å². The molecule has 0 aliphatic carbocycles. The number of ketones is 1. The van der Waals surface area contributed by atoms with E-state index in [4.69, 9.17) is 4.74 Å². The van der Waals surface area contributed by atoms with Crippen LogP contribution in [0.25, 0.3) is 0 Å². The Morgan fingerprint density at radius 1 is 0.800 bits per heavy atom. The summed E-state index contributed by atoms with van der Waals surface area (Å²) in [7, 11) is 0. The van der Waals surface area contributed by atoms with Crippen LogP contribution < -0.4 is 4.74 Å². The highest BCUT2D eigenvalue weighted by Gasteiger charge is 2.24. The van der Waals surface area contributed by atoms with Crippen molar-refractivity contribution in [3.05, 3.63) is 99.5 Å². The number of aryl methyl sites for hydroxylation is 2. The summed E-state index contributed by atoms with van der Waals surface area (Å²) in [6.07, 6.45) is -0.676. The number of carbonyl (C=O) groups excluding carboxylic acids is 1. The maximum absolute atomic E-state index is 13.1. The van der Waals surface area contributed by atoms with Gasteiger partial charge in [-0.05, 0) is 38.1 Å². The van der Waals surface area contributed by atoms with Gasteiger partial charge in [0.15, 0.2) is 6.10 Å². The minimum Gasteiger partial charge on any atom is -0.478 e. The standard InChI is InChI=1S/C22H19BrO2/c1-15-3-7-17(8-4-15)21(24)22(18-9-5-16(2)6-10-18)25-20-13-11-19(23)12-14-20/h3-14,22H,1-2H3/t22-/m1/s1. The molecule has 0 N–H and O–H groups in total. The number of carbonyl (C=O) groups is 1. The Kier molecular flexibility index (Phi) is 5.34. The number of ether oxygens (including phenoxy) is 1. The lowest BCUT2D eigenvalue weighted by atomic mass is 9.98. The van der Waals surface area contributed by atoms with Gasteiger partial charge >= 0.3 is 0 Å². The van der Waals surface area contributed by atoms with E-state index in [0.29, 0.717) is 11.3 Å². The molecule has 0 fully saturated rings. The van der Waals surface area contributed by atoms with Crippen LogP contribution in [0.1, 0.15) is 33.2 Å². The molecule has 0 aliphatic heterocycles. The molecule has 0 aromatic heterocycles. The molecule has 3 aromatic carbocycles. The van der Waals surface area contributed by atoms with Crippen LogP contribution in [0, 0.1) is 13.8 Å². The Morgan fingerprint density at radius 2 is 1.32 bits per heavy atom. The maximum atomic E-state index is 13.1. The van der Waals surface area contributed by atoms with E-state index in [9.17, 15) is 4.79 Å². The molecular formula is C22H19BrO2.